The van der Waals surface area contributed by atoms with Crippen LogP contribution < -0.4 is 10.9 Å². The third-order valence-corrected chi connectivity index (χ3v) is 4.40. The van der Waals surface area contributed by atoms with Crippen LogP contribution in [0.5, 0.6) is 0 Å². The van der Waals surface area contributed by atoms with Gasteiger partial charge in [0, 0.05) is 31.9 Å². The summed E-state index contributed by atoms with van der Waals surface area (Å²) in [5, 5.41) is 7.64. The molecule has 1 amide bonds. The zero-order valence-electron chi connectivity index (χ0n) is 16.2. The molecule has 3 heterocycles. The summed E-state index contributed by atoms with van der Waals surface area (Å²) >= 11 is 0. The lowest BCUT2D eigenvalue weighted by Gasteiger charge is -2.11. The summed E-state index contributed by atoms with van der Waals surface area (Å²) in [5.74, 6) is 0.537. The molecule has 0 spiro atoms. The normalized spacial score (nSPS) is 11.7. The minimum absolute atomic E-state index is 0.0675. The molecule has 0 atom stereocenters. The van der Waals surface area contributed by atoms with Crippen LogP contribution in [0.2, 0.25) is 0 Å². The second kappa shape index (κ2) is 7.96. The van der Waals surface area contributed by atoms with E-state index in [1.165, 1.54) is 4.68 Å². The van der Waals surface area contributed by atoms with E-state index in [9.17, 15) is 9.59 Å². The highest BCUT2D eigenvalue weighted by molar-refractivity contribution is 6.04. The maximum Gasteiger partial charge on any atom is 0.291 e. The van der Waals surface area contributed by atoms with Gasteiger partial charge in [-0.15, -0.1) is 0 Å². The molecule has 0 saturated carbocycles. The monoisotopic (exact) mass is 374 g/mol. The van der Waals surface area contributed by atoms with E-state index in [2.05, 4.69) is 10.4 Å². The topological polar surface area (TPSA) is 91.3 Å². The number of ether oxygens (including phenoxy) is 1. The van der Waals surface area contributed by atoms with Crippen LogP contribution in [0.4, 0.5) is 0 Å². The number of hydrogen-bond donors (Lipinski definition) is 1. The predicted molar refractivity (Wildman–Crippen MR) is 103 cm³/mol. The van der Waals surface area contributed by atoms with E-state index in [1.807, 2.05) is 38.3 Å². The van der Waals surface area contributed by atoms with Crippen molar-refractivity contribution in [3.8, 4) is 0 Å². The Bertz CT molecular complexity index is 1010. The SMILES string of the molecule is CCOCCCNC(=O)Cn1ncc2c3oc(C)cc3n(C(C)C)c2c1=O. The molecule has 3 aromatic heterocycles. The quantitative estimate of drug-likeness (QED) is 0.611. The van der Waals surface area contributed by atoms with Gasteiger partial charge in [-0.1, -0.05) is 0 Å². The lowest BCUT2D eigenvalue weighted by atomic mass is 10.3. The van der Waals surface area contributed by atoms with Crippen molar-refractivity contribution in [2.24, 2.45) is 0 Å². The molecular formula is C19H26N4O4. The molecule has 0 fully saturated rings. The van der Waals surface area contributed by atoms with E-state index >= 15 is 0 Å². The first-order valence-corrected chi connectivity index (χ1v) is 9.28. The Morgan fingerprint density at radius 2 is 2.19 bits per heavy atom. The molecule has 8 heteroatoms. The Kier molecular flexibility index (Phi) is 5.65. The summed E-state index contributed by atoms with van der Waals surface area (Å²) in [7, 11) is 0. The summed E-state index contributed by atoms with van der Waals surface area (Å²) < 4.78 is 14.2. The number of hydrogen-bond acceptors (Lipinski definition) is 5. The molecule has 0 bridgehead atoms. The molecule has 0 radical (unpaired) electrons. The molecule has 1 N–H and O–H groups in total. The van der Waals surface area contributed by atoms with Crippen LogP contribution in [0.25, 0.3) is 22.0 Å². The van der Waals surface area contributed by atoms with Gasteiger partial charge in [-0.25, -0.2) is 4.68 Å². The fraction of sp³-hybridized carbons (Fsp3) is 0.526. The van der Waals surface area contributed by atoms with Crippen LogP contribution in [-0.2, 0) is 16.1 Å². The van der Waals surface area contributed by atoms with Crippen LogP contribution in [-0.4, -0.2) is 40.0 Å². The van der Waals surface area contributed by atoms with E-state index in [0.717, 1.165) is 17.7 Å². The molecular weight excluding hydrogens is 348 g/mol. The fourth-order valence-corrected chi connectivity index (χ4v) is 3.26. The molecule has 0 unspecified atom stereocenters. The third kappa shape index (κ3) is 3.75. The zero-order chi connectivity index (χ0) is 19.6. The number of carbonyl (C=O) groups excluding carboxylic acids is 1. The van der Waals surface area contributed by atoms with E-state index in [1.54, 1.807) is 6.20 Å². The van der Waals surface area contributed by atoms with Gasteiger partial charge < -0.3 is 19.0 Å². The number of amides is 1. The number of aromatic nitrogens is 3. The summed E-state index contributed by atoms with van der Waals surface area (Å²) in [6.07, 6.45) is 2.33. The number of nitrogens with one attached hydrogen (secondary N) is 1. The number of carbonyl (C=O) groups is 1. The molecule has 0 saturated heterocycles. The van der Waals surface area contributed by atoms with Gasteiger partial charge in [-0.3, -0.25) is 9.59 Å². The van der Waals surface area contributed by atoms with Gasteiger partial charge in [0.2, 0.25) is 5.91 Å². The highest BCUT2D eigenvalue weighted by Crippen LogP contribution is 2.31. The molecule has 27 heavy (non-hydrogen) atoms. The average Bonchev–Trinajstić information content (AvgIpc) is 3.12. The average molecular weight is 374 g/mol. The van der Waals surface area contributed by atoms with Gasteiger partial charge in [0.15, 0.2) is 5.58 Å². The summed E-state index contributed by atoms with van der Waals surface area (Å²) in [6, 6.07) is 1.99. The first-order valence-electron chi connectivity index (χ1n) is 9.28. The molecule has 0 aliphatic carbocycles. The van der Waals surface area contributed by atoms with Crippen LogP contribution in [0.15, 0.2) is 21.5 Å². The van der Waals surface area contributed by atoms with Crippen LogP contribution in [0.3, 0.4) is 0 Å². The fourth-order valence-electron chi connectivity index (χ4n) is 3.26. The van der Waals surface area contributed by atoms with Crippen molar-refractivity contribution >= 4 is 27.9 Å². The maximum absolute atomic E-state index is 13.0. The van der Waals surface area contributed by atoms with Gasteiger partial charge in [-0.2, -0.15) is 5.10 Å². The lowest BCUT2D eigenvalue weighted by Crippen LogP contribution is -2.34. The third-order valence-electron chi connectivity index (χ3n) is 4.40. The molecule has 3 aromatic rings. The number of nitrogens with zero attached hydrogens (tertiary/aromatic N) is 3. The number of aryl methyl sites for hydroxylation is 1. The van der Waals surface area contributed by atoms with Crippen molar-refractivity contribution in [3.05, 3.63) is 28.4 Å². The van der Waals surface area contributed by atoms with Crippen molar-refractivity contribution in [1.29, 1.82) is 0 Å². The second-order valence-corrected chi connectivity index (χ2v) is 6.81. The van der Waals surface area contributed by atoms with E-state index in [-0.39, 0.29) is 24.1 Å². The summed E-state index contributed by atoms with van der Waals surface area (Å²) in [5.41, 5.74) is 1.75. The predicted octanol–water partition coefficient (Wildman–Crippen LogP) is 2.38. The molecule has 146 valence electrons. The van der Waals surface area contributed by atoms with Gasteiger partial charge in [0.05, 0.1) is 17.1 Å². The van der Waals surface area contributed by atoms with E-state index < -0.39 is 0 Å². The first kappa shape index (κ1) is 19.2. The summed E-state index contributed by atoms with van der Waals surface area (Å²) in [4.78, 5) is 25.1. The highest BCUT2D eigenvalue weighted by atomic mass is 16.5. The van der Waals surface area contributed by atoms with Crippen molar-refractivity contribution in [1.82, 2.24) is 19.7 Å². The lowest BCUT2D eigenvalue weighted by molar-refractivity contribution is -0.121. The van der Waals surface area contributed by atoms with Gasteiger partial charge in [0.1, 0.15) is 17.8 Å². The Morgan fingerprint density at radius 1 is 1.41 bits per heavy atom. The van der Waals surface area contributed by atoms with Crippen LogP contribution in [0, 0.1) is 6.92 Å². The molecule has 0 aromatic carbocycles. The Labute approximate surface area is 157 Å². The van der Waals surface area contributed by atoms with Gasteiger partial charge in [-0.05, 0) is 34.1 Å². The van der Waals surface area contributed by atoms with Crippen LogP contribution >= 0.6 is 0 Å². The highest BCUT2D eigenvalue weighted by Gasteiger charge is 2.21. The van der Waals surface area contributed by atoms with Gasteiger partial charge in [0.25, 0.3) is 5.56 Å². The molecule has 0 aliphatic rings. The van der Waals surface area contributed by atoms with E-state index in [4.69, 9.17) is 9.15 Å². The summed E-state index contributed by atoms with van der Waals surface area (Å²) in [6.45, 7) is 9.47. The molecule has 8 nitrogen and oxygen atoms in total. The molecule has 3 rings (SSSR count). The van der Waals surface area contributed by atoms with E-state index in [0.29, 0.717) is 36.2 Å². The Balaban J connectivity index is 1.88. The molecule has 0 aliphatic heterocycles. The van der Waals surface area contributed by atoms with Gasteiger partial charge >= 0.3 is 0 Å². The first-order chi connectivity index (χ1) is 12.9. The van der Waals surface area contributed by atoms with Crippen molar-refractivity contribution in [2.75, 3.05) is 19.8 Å². The van der Waals surface area contributed by atoms with Crippen molar-refractivity contribution in [2.45, 2.75) is 46.7 Å². The second-order valence-electron chi connectivity index (χ2n) is 6.81. The van der Waals surface area contributed by atoms with Crippen molar-refractivity contribution in [3.63, 3.8) is 0 Å². The minimum Gasteiger partial charge on any atom is -0.459 e. The minimum atomic E-state index is -0.297. The maximum atomic E-state index is 13.0. The smallest absolute Gasteiger partial charge is 0.291 e. The largest absolute Gasteiger partial charge is 0.459 e. The number of fused-ring (bicyclic) bond motifs is 3. The van der Waals surface area contributed by atoms with Crippen LogP contribution in [0.1, 0.15) is 39.0 Å². The zero-order valence-corrected chi connectivity index (χ0v) is 16.2. The Morgan fingerprint density at radius 3 is 2.89 bits per heavy atom. The Hall–Kier alpha value is -2.61. The number of rotatable bonds is 8. The standard InChI is InChI=1S/C19H26N4O4/c1-5-26-8-6-7-20-16(24)11-22-19(25)17-14(10-21-22)18-15(9-13(4)27-18)23(17)12(2)3/h9-10,12H,5-8,11H2,1-4H3,(H,20,24). The number of furan rings is 1. The van der Waals surface area contributed by atoms with Crippen molar-refractivity contribution < 1.29 is 13.9 Å².